The highest BCUT2D eigenvalue weighted by molar-refractivity contribution is 5.79. The van der Waals surface area contributed by atoms with Gasteiger partial charge in [0, 0.05) is 0 Å². The average molecular weight is 178 g/mol. The zero-order valence-corrected chi connectivity index (χ0v) is 7.53. The van der Waals surface area contributed by atoms with Crippen molar-refractivity contribution in [1.29, 1.82) is 5.26 Å². The van der Waals surface area contributed by atoms with Gasteiger partial charge in [0.2, 0.25) is 5.96 Å². The van der Waals surface area contributed by atoms with Crippen molar-refractivity contribution in [3.8, 4) is 6.19 Å². The summed E-state index contributed by atoms with van der Waals surface area (Å²) in [4.78, 5) is 4.31. The number of hydrogen-bond donors (Lipinski definition) is 2. The first-order chi connectivity index (χ1) is 6.29. The number of nitrogens with zero attached hydrogens (tertiary/aromatic N) is 2. The Morgan fingerprint density at radius 1 is 1.46 bits per heavy atom. The first-order valence-electron chi connectivity index (χ1n) is 4.78. The number of hydrogen-bond acceptors (Lipinski definition) is 2. The Morgan fingerprint density at radius 3 is 2.85 bits per heavy atom. The van der Waals surface area contributed by atoms with E-state index in [0.717, 1.165) is 11.8 Å². The minimum absolute atomic E-state index is 0.278. The summed E-state index contributed by atoms with van der Waals surface area (Å²) in [5.41, 5.74) is 5.51. The number of rotatable bonds is 1. The number of fused-ring (bicyclic) bond motifs is 2. The minimum atomic E-state index is 0.278. The molecule has 2 fully saturated rings. The Morgan fingerprint density at radius 2 is 2.31 bits per heavy atom. The van der Waals surface area contributed by atoms with Gasteiger partial charge in [0.25, 0.3) is 0 Å². The average Bonchev–Trinajstić information content (AvgIpc) is 2.65. The molecule has 0 saturated heterocycles. The van der Waals surface area contributed by atoms with Crippen molar-refractivity contribution in [2.45, 2.75) is 31.7 Å². The lowest BCUT2D eigenvalue weighted by Gasteiger charge is -2.17. The number of guanidine groups is 1. The van der Waals surface area contributed by atoms with Crippen LogP contribution >= 0.6 is 0 Å². The smallest absolute Gasteiger partial charge is 0.202 e. The second-order valence-corrected chi connectivity index (χ2v) is 3.99. The molecule has 0 aliphatic heterocycles. The van der Waals surface area contributed by atoms with Gasteiger partial charge in [-0.1, -0.05) is 6.42 Å². The molecule has 4 nitrogen and oxygen atoms in total. The van der Waals surface area contributed by atoms with Crippen LogP contribution < -0.4 is 11.1 Å². The number of nitrogens with one attached hydrogen (secondary N) is 1. The monoisotopic (exact) mass is 178 g/mol. The molecule has 0 radical (unpaired) electrons. The van der Waals surface area contributed by atoms with Crippen LogP contribution in [0.4, 0.5) is 0 Å². The molecule has 2 aliphatic rings. The molecule has 2 rings (SSSR count). The van der Waals surface area contributed by atoms with Crippen LogP contribution in [0.5, 0.6) is 0 Å². The molecule has 2 aliphatic carbocycles. The van der Waals surface area contributed by atoms with Crippen molar-refractivity contribution in [2.24, 2.45) is 22.6 Å². The molecule has 0 heterocycles. The first kappa shape index (κ1) is 8.36. The molecule has 2 bridgehead atoms. The highest BCUT2D eigenvalue weighted by Gasteiger charge is 2.39. The van der Waals surface area contributed by atoms with Crippen molar-refractivity contribution >= 4 is 5.96 Å². The Bertz CT molecular complexity index is 265. The van der Waals surface area contributed by atoms with Crippen LogP contribution in [0.2, 0.25) is 0 Å². The van der Waals surface area contributed by atoms with Gasteiger partial charge in [-0.25, -0.2) is 4.99 Å². The summed E-state index contributed by atoms with van der Waals surface area (Å²) in [6.07, 6.45) is 6.91. The second kappa shape index (κ2) is 3.25. The molecule has 3 unspecified atom stereocenters. The van der Waals surface area contributed by atoms with Crippen molar-refractivity contribution in [2.75, 3.05) is 0 Å². The lowest BCUT2D eigenvalue weighted by molar-refractivity contribution is 0.419. The first-order valence-corrected chi connectivity index (χ1v) is 4.78. The lowest BCUT2D eigenvalue weighted by atomic mass is 9.96. The third kappa shape index (κ3) is 1.59. The fraction of sp³-hybridized carbons (Fsp3) is 0.778. The van der Waals surface area contributed by atoms with E-state index in [1.165, 1.54) is 25.7 Å². The summed E-state index contributed by atoms with van der Waals surface area (Å²) in [5.74, 6) is 1.87. The lowest BCUT2D eigenvalue weighted by Crippen LogP contribution is -2.30. The maximum Gasteiger partial charge on any atom is 0.202 e. The molecule has 13 heavy (non-hydrogen) atoms. The van der Waals surface area contributed by atoms with Gasteiger partial charge in [0.15, 0.2) is 6.19 Å². The van der Waals surface area contributed by atoms with Gasteiger partial charge in [-0.2, -0.15) is 5.26 Å². The van der Waals surface area contributed by atoms with E-state index in [-0.39, 0.29) is 5.96 Å². The maximum atomic E-state index is 8.32. The van der Waals surface area contributed by atoms with Gasteiger partial charge in [0.1, 0.15) is 0 Å². The van der Waals surface area contributed by atoms with Gasteiger partial charge >= 0.3 is 0 Å². The topological polar surface area (TPSA) is 74.2 Å². The SMILES string of the molecule is N#CNC(N)=NC1CC2CCC1C2. The molecule has 70 valence electrons. The quantitative estimate of drug-likeness (QED) is 0.267. The van der Waals surface area contributed by atoms with Gasteiger partial charge in [-0.15, -0.1) is 0 Å². The van der Waals surface area contributed by atoms with E-state index in [0.29, 0.717) is 6.04 Å². The predicted octanol–water partition coefficient (Wildman–Crippen LogP) is 0.560. The maximum absolute atomic E-state index is 8.32. The van der Waals surface area contributed by atoms with E-state index >= 15 is 0 Å². The molecule has 0 aromatic heterocycles. The van der Waals surface area contributed by atoms with Crippen LogP contribution in [0.25, 0.3) is 0 Å². The van der Waals surface area contributed by atoms with E-state index < -0.39 is 0 Å². The molecule has 3 atom stereocenters. The van der Waals surface area contributed by atoms with Gasteiger partial charge < -0.3 is 5.73 Å². The van der Waals surface area contributed by atoms with Crippen molar-refractivity contribution in [3.05, 3.63) is 0 Å². The highest BCUT2D eigenvalue weighted by atomic mass is 15.1. The highest BCUT2D eigenvalue weighted by Crippen LogP contribution is 2.45. The van der Waals surface area contributed by atoms with Crippen LogP contribution in [0.3, 0.4) is 0 Å². The standard InChI is InChI=1S/C9H14N4/c10-5-12-9(11)13-8-4-6-1-2-7(8)3-6/h6-8H,1-4H2,(H3,11,12,13). The van der Waals surface area contributed by atoms with Crippen LogP contribution in [-0.2, 0) is 0 Å². The Labute approximate surface area is 77.8 Å². The third-order valence-electron chi connectivity index (χ3n) is 3.19. The van der Waals surface area contributed by atoms with Crippen LogP contribution in [0, 0.1) is 23.3 Å². The van der Waals surface area contributed by atoms with E-state index in [4.69, 9.17) is 11.0 Å². The Balaban J connectivity index is 1.96. The fourth-order valence-corrected chi connectivity index (χ4v) is 2.64. The summed E-state index contributed by atoms with van der Waals surface area (Å²) >= 11 is 0. The summed E-state index contributed by atoms with van der Waals surface area (Å²) in [6, 6.07) is 0.375. The predicted molar refractivity (Wildman–Crippen MR) is 49.6 cm³/mol. The zero-order valence-electron chi connectivity index (χ0n) is 7.53. The summed E-state index contributed by atoms with van der Waals surface area (Å²) in [7, 11) is 0. The van der Waals surface area contributed by atoms with E-state index in [2.05, 4.69) is 10.3 Å². The molecule has 0 spiro atoms. The molecule has 3 N–H and O–H groups in total. The van der Waals surface area contributed by atoms with Crippen molar-refractivity contribution in [1.82, 2.24) is 5.32 Å². The zero-order chi connectivity index (χ0) is 9.26. The van der Waals surface area contributed by atoms with E-state index in [1.807, 2.05) is 0 Å². The van der Waals surface area contributed by atoms with E-state index in [9.17, 15) is 0 Å². The van der Waals surface area contributed by atoms with Crippen LogP contribution in [0.15, 0.2) is 4.99 Å². The minimum Gasteiger partial charge on any atom is -0.369 e. The summed E-state index contributed by atoms with van der Waals surface area (Å²) in [6.45, 7) is 0. The van der Waals surface area contributed by atoms with Gasteiger partial charge in [0.05, 0.1) is 6.04 Å². The largest absolute Gasteiger partial charge is 0.369 e. The number of nitrogens with two attached hydrogens (primary N) is 1. The Hall–Kier alpha value is -1.24. The van der Waals surface area contributed by atoms with Gasteiger partial charge in [-0.3, -0.25) is 5.32 Å². The van der Waals surface area contributed by atoms with Crippen molar-refractivity contribution < 1.29 is 0 Å². The van der Waals surface area contributed by atoms with Gasteiger partial charge in [-0.05, 0) is 31.1 Å². The number of aliphatic imine (C=N–C) groups is 1. The molecule has 2 saturated carbocycles. The molecular formula is C9H14N4. The second-order valence-electron chi connectivity index (χ2n) is 3.99. The summed E-state index contributed by atoms with van der Waals surface area (Å²) < 4.78 is 0. The van der Waals surface area contributed by atoms with Crippen molar-refractivity contribution in [3.63, 3.8) is 0 Å². The molecular weight excluding hydrogens is 164 g/mol. The summed E-state index contributed by atoms with van der Waals surface area (Å²) in [5, 5.41) is 10.7. The molecule has 0 amide bonds. The van der Waals surface area contributed by atoms with Crippen LogP contribution in [-0.4, -0.2) is 12.0 Å². The third-order valence-corrected chi connectivity index (χ3v) is 3.19. The Kier molecular flexibility index (Phi) is 2.09. The molecule has 4 heteroatoms. The number of nitriles is 1. The fourth-order valence-electron chi connectivity index (χ4n) is 2.64. The van der Waals surface area contributed by atoms with Crippen LogP contribution in [0.1, 0.15) is 25.7 Å². The van der Waals surface area contributed by atoms with E-state index in [1.54, 1.807) is 6.19 Å². The molecule has 0 aromatic carbocycles. The molecule has 0 aromatic rings. The normalized spacial score (nSPS) is 37.5.